The van der Waals surface area contributed by atoms with Gasteiger partial charge in [0.05, 0.1) is 5.01 Å². The van der Waals surface area contributed by atoms with Crippen LogP contribution in [0.3, 0.4) is 0 Å². The zero-order valence-corrected chi connectivity index (χ0v) is 15.9. The van der Waals surface area contributed by atoms with E-state index in [0.29, 0.717) is 0 Å². The van der Waals surface area contributed by atoms with Crippen molar-refractivity contribution in [2.24, 2.45) is 0 Å². The van der Waals surface area contributed by atoms with Crippen LogP contribution in [-0.4, -0.2) is 47.0 Å². The van der Waals surface area contributed by atoms with Gasteiger partial charge in [0.15, 0.2) is 5.82 Å². The van der Waals surface area contributed by atoms with Crippen molar-refractivity contribution in [1.29, 1.82) is 0 Å². The first kappa shape index (κ1) is 17.3. The molecule has 0 aliphatic carbocycles. The van der Waals surface area contributed by atoms with Crippen LogP contribution in [0.4, 0.5) is 15.9 Å². The van der Waals surface area contributed by atoms with Crippen molar-refractivity contribution in [3.63, 3.8) is 0 Å². The van der Waals surface area contributed by atoms with E-state index in [1.165, 1.54) is 6.07 Å². The molecule has 0 unspecified atom stereocenters. The second-order valence-electron chi connectivity index (χ2n) is 6.89. The molecule has 7 heteroatoms. The van der Waals surface area contributed by atoms with Gasteiger partial charge in [-0.25, -0.2) is 19.3 Å². The highest BCUT2D eigenvalue weighted by molar-refractivity contribution is 7.18. The van der Waals surface area contributed by atoms with Gasteiger partial charge >= 0.3 is 0 Å². The maximum atomic E-state index is 13.5. The fraction of sp³-hybridized carbons (Fsp3) is 0.421. The normalized spacial score (nSPS) is 13.8. The van der Waals surface area contributed by atoms with Gasteiger partial charge in [0, 0.05) is 12.2 Å². The number of thiazole rings is 1. The maximum absolute atomic E-state index is 13.5. The molecule has 0 atom stereocenters. The van der Waals surface area contributed by atoms with E-state index < -0.39 is 0 Å². The summed E-state index contributed by atoms with van der Waals surface area (Å²) >= 11 is 1.65. The van der Waals surface area contributed by atoms with Crippen LogP contribution in [0.15, 0.2) is 24.5 Å². The predicted molar refractivity (Wildman–Crippen MR) is 104 cm³/mol. The Morgan fingerprint density at radius 1 is 1.23 bits per heavy atom. The smallest absolute Gasteiger partial charge is 0.164 e. The van der Waals surface area contributed by atoms with Crippen molar-refractivity contribution in [3.05, 3.63) is 40.9 Å². The van der Waals surface area contributed by atoms with Crippen LogP contribution in [0.2, 0.25) is 0 Å². The van der Waals surface area contributed by atoms with Crippen molar-refractivity contribution in [2.45, 2.75) is 25.7 Å². The molecule has 0 spiro atoms. The van der Waals surface area contributed by atoms with E-state index in [1.54, 1.807) is 23.7 Å². The van der Waals surface area contributed by atoms with E-state index in [0.717, 1.165) is 71.2 Å². The van der Waals surface area contributed by atoms with Crippen molar-refractivity contribution in [3.8, 4) is 0 Å². The number of rotatable bonds is 6. The summed E-state index contributed by atoms with van der Waals surface area (Å²) in [6.45, 7) is 1.89. The summed E-state index contributed by atoms with van der Waals surface area (Å²) in [6, 6.07) is 4.96. The van der Waals surface area contributed by atoms with Crippen molar-refractivity contribution in [2.75, 3.05) is 32.1 Å². The fourth-order valence-corrected chi connectivity index (χ4v) is 4.32. The predicted octanol–water partition coefficient (Wildman–Crippen LogP) is 3.80. The number of halogens is 1. The van der Waals surface area contributed by atoms with Gasteiger partial charge in [-0.15, -0.1) is 0 Å². The third-order valence-corrected chi connectivity index (χ3v) is 5.68. The molecule has 0 saturated heterocycles. The third kappa shape index (κ3) is 3.41. The quantitative estimate of drug-likeness (QED) is 0.617. The van der Waals surface area contributed by atoms with Gasteiger partial charge < -0.3 is 9.80 Å². The number of hydrogen-bond acceptors (Lipinski definition) is 6. The molecule has 0 radical (unpaired) electrons. The van der Waals surface area contributed by atoms with Gasteiger partial charge in [-0.2, -0.15) is 0 Å². The number of aryl methyl sites for hydroxylation is 1. The Morgan fingerprint density at radius 2 is 2.12 bits per heavy atom. The number of benzene rings is 1. The summed E-state index contributed by atoms with van der Waals surface area (Å²) < 4.78 is 13.5. The van der Waals surface area contributed by atoms with Gasteiger partial charge in [0.25, 0.3) is 0 Å². The molecule has 1 aromatic carbocycles. The van der Waals surface area contributed by atoms with Crippen LogP contribution in [0, 0.1) is 5.82 Å². The molecule has 0 N–H and O–H groups in total. The van der Waals surface area contributed by atoms with Crippen molar-refractivity contribution in [1.82, 2.24) is 19.9 Å². The Balaban J connectivity index is 1.59. The Morgan fingerprint density at radius 3 is 2.96 bits per heavy atom. The average Bonchev–Trinajstić information content (AvgIpc) is 3.21. The van der Waals surface area contributed by atoms with Gasteiger partial charge in [0.1, 0.15) is 22.5 Å². The minimum Gasteiger partial charge on any atom is -0.324 e. The number of nitrogens with zero attached hydrogens (tertiary/aromatic N) is 5. The lowest BCUT2D eigenvalue weighted by molar-refractivity contribution is 0.394. The molecule has 4 rings (SSSR count). The fourth-order valence-electron chi connectivity index (χ4n) is 3.38. The third-order valence-electron chi connectivity index (χ3n) is 4.66. The molecule has 0 amide bonds. The second-order valence-corrected chi connectivity index (χ2v) is 7.96. The van der Waals surface area contributed by atoms with Gasteiger partial charge in [0.2, 0.25) is 0 Å². The largest absolute Gasteiger partial charge is 0.324 e. The molecule has 0 bridgehead atoms. The number of aromatic nitrogens is 3. The van der Waals surface area contributed by atoms with E-state index in [1.807, 2.05) is 6.07 Å². The lowest BCUT2D eigenvalue weighted by Crippen LogP contribution is -2.15. The van der Waals surface area contributed by atoms with Crippen molar-refractivity contribution < 1.29 is 4.39 Å². The Hall–Kier alpha value is -2.12. The summed E-state index contributed by atoms with van der Waals surface area (Å²) in [6.07, 6.45) is 5.67. The lowest BCUT2D eigenvalue weighted by Gasteiger charge is -2.18. The molecule has 1 aliphatic heterocycles. The Labute approximate surface area is 156 Å². The van der Waals surface area contributed by atoms with Crippen LogP contribution >= 0.6 is 11.3 Å². The highest BCUT2D eigenvalue weighted by atomic mass is 32.1. The van der Waals surface area contributed by atoms with Crippen LogP contribution in [0.1, 0.15) is 23.4 Å². The Bertz CT molecular complexity index is 923. The monoisotopic (exact) mass is 371 g/mol. The number of anilines is 2. The molecule has 1 aliphatic rings. The molecule has 5 nitrogen and oxygen atoms in total. The molecule has 0 saturated carbocycles. The number of fused-ring (bicyclic) bond motifs is 2. The maximum Gasteiger partial charge on any atom is 0.164 e. The molecule has 26 heavy (non-hydrogen) atoms. The molecule has 0 fully saturated rings. The van der Waals surface area contributed by atoms with Crippen LogP contribution < -0.4 is 4.90 Å². The standard InChI is InChI=1S/C19H22FN5S/c1-24(2)9-4-3-5-16-23-17-18(21-12-22-19(17)26-16)25-10-8-13-11-14(20)6-7-15(13)25/h6-7,11-12H,3-5,8-10H2,1-2H3. The van der Waals surface area contributed by atoms with Gasteiger partial charge in [-0.1, -0.05) is 11.3 Å². The molecule has 136 valence electrons. The first-order chi connectivity index (χ1) is 12.6. The van der Waals surface area contributed by atoms with Gasteiger partial charge in [-0.3, -0.25) is 0 Å². The minimum absolute atomic E-state index is 0.188. The summed E-state index contributed by atoms with van der Waals surface area (Å²) in [4.78, 5) is 19.0. The Kier molecular flexibility index (Phi) is 4.82. The SMILES string of the molecule is CN(C)CCCCc1nc2c(N3CCc4cc(F)ccc43)ncnc2s1. The summed E-state index contributed by atoms with van der Waals surface area (Å²) in [5.41, 5.74) is 2.90. The molecular formula is C19H22FN5S. The van der Waals surface area contributed by atoms with E-state index in [4.69, 9.17) is 4.98 Å². The van der Waals surface area contributed by atoms with Crippen LogP contribution in [-0.2, 0) is 12.8 Å². The molecule has 3 aromatic rings. The van der Waals surface area contributed by atoms with E-state index in [9.17, 15) is 4.39 Å². The highest BCUT2D eigenvalue weighted by Crippen LogP contribution is 2.37. The summed E-state index contributed by atoms with van der Waals surface area (Å²) in [5, 5.41) is 1.11. The molecule has 3 heterocycles. The van der Waals surface area contributed by atoms with Gasteiger partial charge in [-0.05, 0) is 70.1 Å². The van der Waals surface area contributed by atoms with E-state index >= 15 is 0 Å². The minimum atomic E-state index is -0.188. The van der Waals surface area contributed by atoms with Crippen LogP contribution in [0.25, 0.3) is 10.3 Å². The van der Waals surface area contributed by atoms with E-state index in [-0.39, 0.29) is 5.82 Å². The highest BCUT2D eigenvalue weighted by Gasteiger charge is 2.25. The average molecular weight is 371 g/mol. The molecular weight excluding hydrogens is 349 g/mol. The first-order valence-electron chi connectivity index (χ1n) is 8.93. The summed E-state index contributed by atoms with van der Waals surface area (Å²) in [5.74, 6) is 0.642. The zero-order chi connectivity index (χ0) is 18.1. The van der Waals surface area contributed by atoms with Crippen molar-refractivity contribution >= 4 is 33.2 Å². The van der Waals surface area contributed by atoms with E-state index in [2.05, 4.69) is 33.9 Å². The number of unbranched alkanes of at least 4 members (excludes halogenated alkanes) is 1. The lowest BCUT2D eigenvalue weighted by atomic mass is 10.2. The molecule has 2 aromatic heterocycles. The van der Waals surface area contributed by atoms with Crippen LogP contribution in [0.5, 0.6) is 0 Å². The number of hydrogen-bond donors (Lipinski definition) is 0. The first-order valence-corrected chi connectivity index (χ1v) is 9.74. The topological polar surface area (TPSA) is 45.2 Å². The summed E-state index contributed by atoms with van der Waals surface area (Å²) in [7, 11) is 4.19. The second kappa shape index (κ2) is 7.25. The zero-order valence-electron chi connectivity index (χ0n) is 15.1.